The van der Waals surface area contributed by atoms with Crippen LogP contribution in [-0.2, 0) is 4.79 Å². The van der Waals surface area contributed by atoms with Gasteiger partial charge < -0.3 is 9.52 Å². The van der Waals surface area contributed by atoms with E-state index in [0.29, 0.717) is 12.8 Å². The van der Waals surface area contributed by atoms with Crippen LogP contribution in [0.1, 0.15) is 44.2 Å². The summed E-state index contributed by atoms with van der Waals surface area (Å²) in [6.45, 7) is 5.41. The van der Waals surface area contributed by atoms with E-state index >= 15 is 0 Å². The van der Waals surface area contributed by atoms with Gasteiger partial charge in [-0.3, -0.25) is 9.59 Å². The number of Topliss-reactive ketones (excluding diaryl/α,β-unsaturated/α-hetero) is 1. The van der Waals surface area contributed by atoms with Crippen LogP contribution in [0.4, 0.5) is 0 Å². The molecule has 0 saturated carbocycles. The number of ketones is 1. The molecule has 0 radical (unpaired) electrons. The number of carbonyl (C=O) groups is 2. The van der Waals surface area contributed by atoms with Crippen LogP contribution in [0.2, 0.25) is 0 Å². The number of hydrogen-bond donors (Lipinski definition) is 2. The van der Waals surface area contributed by atoms with Gasteiger partial charge in [0.05, 0.1) is 17.5 Å². The van der Waals surface area contributed by atoms with E-state index in [1.807, 2.05) is 13.8 Å². The molecule has 0 fully saturated rings. The summed E-state index contributed by atoms with van der Waals surface area (Å²) >= 11 is 0. The molecule has 0 saturated heterocycles. The molecule has 1 aromatic heterocycles. The van der Waals surface area contributed by atoms with Crippen molar-refractivity contribution in [1.29, 1.82) is 0 Å². The predicted octanol–water partition coefficient (Wildman–Crippen LogP) is 2.59. The lowest BCUT2D eigenvalue weighted by molar-refractivity contribution is -0.117. The number of aliphatic hydroxyl groups is 1. The van der Waals surface area contributed by atoms with Crippen LogP contribution in [0.5, 0.6) is 0 Å². The van der Waals surface area contributed by atoms with Crippen molar-refractivity contribution >= 4 is 17.4 Å². The maximum atomic E-state index is 12.1. The van der Waals surface area contributed by atoms with Crippen molar-refractivity contribution < 1.29 is 19.1 Å². The van der Waals surface area contributed by atoms with Gasteiger partial charge in [-0.25, -0.2) is 5.43 Å². The number of hydrazone groups is 1. The maximum Gasteiger partial charge on any atom is 0.307 e. The van der Waals surface area contributed by atoms with E-state index in [4.69, 9.17) is 4.42 Å². The quantitative estimate of drug-likeness (QED) is 0.661. The van der Waals surface area contributed by atoms with E-state index in [2.05, 4.69) is 10.5 Å². The highest BCUT2D eigenvalue weighted by atomic mass is 16.3. The Morgan fingerprint density at radius 2 is 2.14 bits per heavy atom. The summed E-state index contributed by atoms with van der Waals surface area (Å²) in [4.78, 5) is 23.8. The number of furan rings is 1. The van der Waals surface area contributed by atoms with Gasteiger partial charge in [-0.2, -0.15) is 5.10 Å². The van der Waals surface area contributed by atoms with Crippen molar-refractivity contribution in [1.82, 2.24) is 5.43 Å². The van der Waals surface area contributed by atoms with Crippen LogP contribution in [0.3, 0.4) is 0 Å². The molecule has 0 unspecified atom stereocenters. The third-order valence-corrected chi connectivity index (χ3v) is 3.28. The first-order valence-electron chi connectivity index (χ1n) is 6.64. The average molecular weight is 290 g/mol. The van der Waals surface area contributed by atoms with Gasteiger partial charge in [-0.15, -0.1) is 0 Å². The second-order valence-electron chi connectivity index (χ2n) is 5.88. The molecule has 2 rings (SSSR count). The summed E-state index contributed by atoms with van der Waals surface area (Å²) in [5.74, 6) is -0.536. The Labute approximate surface area is 122 Å². The van der Waals surface area contributed by atoms with E-state index in [0.717, 1.165) is 0 Å². The average Bonchev–Trinajstić information content (AvgIpc) is 2.87. The molecule has 0 bridgehead atoms. The lowest BCUT2D eigenvalue weighted by Crippen LogP contribution is -2.29. The fourth-order valence-electron chi connectivity index (χ4n) is 2.35. The van der Waals surface area contributed by atoms with Crippen LogP contribution in [0.25, 0.3) is 0 Å². The summed E-state index contributed by atoms with van der Waals surface area (Å²) in [7, 11) is 0. The van der Waals surface area contributed by atoms with Crippen LogP contribution in [-0.4, -0.2) is 22.5 Å². The molecule has 6 heteroatoms. The minimum absolute atomic E-state index is 0.0183. The summed E-state index contributed by atoms with van der Waals surface area (Å²) < 4.78 is 4.93. The third-order valence-electron chi connectivity index (χ3n) is 3.28. The van der Waals surface area contributed by atoms with Crippen LogP contribution >= 0.6 is 0 Å². The van der Waals surface area contributed by atoms with Gasteiger partial charge in [0.2, 0.25) is 0 Å². The highest BCUT2D eigenvalue weighted by Gasteiger charge is 2.34. The van der Waals surface area contributed by atoms with E-state index in [-0.39, 0.29) is 34.0 Å². The van der Waals surface area contributed by atoms with Crippen LogP contribution < -0.4 is 5.43 Å². The first-order chi connectivity index (χ1) is 9.80. The fourth-order valence-corrected chi connectivity index (χ4v) is 2.35. The highest BCUT2D eigenvalue weighted by molar-refractivity contribution is 6.22. The normalized spacial score (nSPS) is 18.8. The summed E-state index contributed by atoms with van der Waals surface area (Å²) in [5, 5.41) is 13.9. The first kappa shape index (κ1) is 15.0. The summed E-state index contributed by atoms with van der Waals surface area (Å²) in [6, 6.07) is 3.10. The monoisotopic (exact) mass is 290 g/mol. The number of nitrogens with one attached hydrogen (secondary N) is 1. The SMILES string of the molecule is C/C(=N/NC(=O)c1ccco1)C1=C(O)CC(C)(C)CC1=O. The number of nitrogens with zero attached hydrogens (tertiary/aromatic N) is 1. The second kappa shape index (κ2) is 5.55. The molecular formula is C15H18N2O4. The van der Waals surface area contributed by atoms with E-state index in [1.54, 1.807) is 13.0 Å². The van der Waals surface area contributed by atoms with Crippen molar-refractivity contribution in [2.75, 3.05) is 0 Å². The molecule has 112 valence electrons. The summed E-state index contributed by atoms with van der Waals surface area (Å²) in [6.07, 6.45) is 2.13. The summed E-state index contributed by atoms with van der Waals surface area (Å²) in [5.41, 5.74) is 2.51. The number of allylic oxidation sites excluding steroid dienone is 2. The molecule has 21 heavy (non-hydrogen) atoms. The smallest absolute Gasteiger partial charge is 0.307 e. The van der Waals surface area contributed by atoms with Crippen molar-refractivity contribution in [3.05, 3.63) is 35.5 Å². The largest absolute Gasteiger partial charge is 0.511 e. The molecule has 0 spiro atoms. The molecule has 1 aromatic rings. The zero-order valence-corrected chi connectivity index (χ0v) is 12.3. The van der Waals surface area contributed by atoms with Gasteiger partial charge in [-0.1, -0.05) is 13.8 Å². The van der Waals surface area contributed by atoms with Gasteiger partial charge in [-0.05, 0) is 24.5 Å². The molecule has 0 aliphatic heterocycles. The standard InChI is InChI=1S/C15H18N2O4/c1-9(16-17-14(20)12-5-4-6-21-12)13-10(18)7-15(2,3)8-11(13)19/h4-6,18H,7-8H2,1-3H3,(H,17,20)/b16-9-. The van der Waals surface area contributed by atoms with Crippen LogP contribution in [0.15, 0.2) is 39.2 Å². The minimum atomic E-state index is -0.511. The molecule has 1 amide bonds. The molecule has 2 N–H and O–H groups in total. The molecule has 1 aliphatic carbocycles. The number of rotatable bonds is 3. The van der Waals surface area contributed by atoms with Crippen molar-refractivity contribution in [3.63, 3.8) is 0 Å². The zero-order valence-electron chi connectivity index (χ0n) is 12.3. The minimum Gasteiger partial charge on any atom is -0.511 e. The Hall–Kier alpha value is -2.37. The molecule has 0 atom stereocenters. The van der Waals surface area contributed by atoms with Crippen molar-refractivity contribution in [3.8, 4) is 0 Å². The molecular weight excluding hydrogens is 272 g/mol. The van der Waals surface area contributed by atoms with E-state index in [9.17, 15) is 14.7 Å². The molecule has 1 aliphatic rings. The van der Waals surface area contributed by atoms with Gasteiger partial charge in [0.25, 0.3) is 0 Å². The van der Waals surface area contributed by atoms with Gasteiger partial charge in [0, 0.05) is 12.8 Å². The first-order valence-corrected chi connectivity index (χ1v) is 6.64. The second-order valence-corrected chi connectivity index (χ2v) is 5.88. The topological polar surface area (TPSA) is 91.9 Å². The fraction of sp³-hybridized carbons (Fsp3) is 0.400. The Kier molecular flexibility index (Phi) is 3.97. The Morgan fingerprint density at radius 1 is 1.43 bits per heavy atom. The van der Waals surface area contributed by atoms with E-state index < -0.39 is 5.91 Å². The van der Waals surface area contributed by atoms with Gasteiger partial charge in [0.1, 0.15) is 5.76 Å². The maximum absolute atomic E-state index is 12.1. The molecule has 0 aromatic carbocycles. The zero-order chi connectivity index (χ0) is 15.6. The Bertz CT molecular complexity index is 624. The Morgan fingerprint density at radius 3 is 2.71 bits per heavy atom. The van der Waals surface area contributed by atoms with E-state index in [1.165, 1.54) is 12.3 Å². The third kappa shape index (κ3) is 3.39. The number of carbonyl (C=O) groups excluding carboxylic acids is 2. The van der Waals surface area contributed by atoms with Crippen molar-refractivity contribution in [2.24, 2.45) is 10.5 Å². The lowest BCUT2D eigenvalue weighted by Gasteiger charge is -2.29. The number of hydrogen-bond acceptors (Lipinski definition) is 5. The number of amides is 1. The van der Waals surface area contributed by atoms with Gasteiger partial charge >= 0.3 is 5.91 Å². The van der Waals surface area contributed by atoms with Crippen molar-refractivity contribution in [2.45, 2.75) is 33.6 Å². The number of aliphatic hydroxyl groups excluding tert-OH is 1. The lowest BCUT2D eigenvalue weighted by atomic mass is 9.76. The molecule has 6 nitrogen and oxygen atoms in total. The van der Waals surface area contributed by atoms with Gasteiger partial charge in [0.15, 0.2) is 11.5 Å². The Balaban J connectivity index is 2.15. The predicted molar refractivity (Wildman–Crippen MR) is 77.0 cm³/mol. The highest BCUT2D eigenvalue weighted by Crippen LogP contribution is 2.35. The molecule has 1 heterocycles. The van der Waals surface area contributed by atoms with Crippen LogP contribution in [0, 0.1) is 5.41 Å².